The SMILES string of the molecule is CC(C)(C)c1ccc(-c2nc(-c3ccccc3)nc(-n3c4ccccc4c4ccc5c6ccccc6n(-c6cccc(-c7ccccc7)c6-c6ccccc6)c5c43)n2)cc1. The van der Waals surface area contributed by atoms with Gasteiger partial charge in [-0.2, -0.15) is 9.97 Å². The molecule has 11 rings (SSSR count). The predicted octanol–water partition coefficient (Wildman–Crippen LogP) is 14.0. The second kappa shape index (κ2) is 14.0. The first-order chi connectivity index (χ1) is 29.4. The quantitative estimate of drug-likeness (QED) is 0.169. The van der Waals surface area contributed by atoms with Gasteiger partial charge < -0.3 is 4.57 Å². The number of fused-ring (bicyclic) bond motifs is 7. The Hall–Kier alpha value is -7.63. The maximum absolute atomic E-state index is 5.38. The van der Waals surface area contributed by atoms with Crippen molar-refractivity contribution in [3.05, 3.63) is 200 Å². The van der Waals surface area contributed by atoms with E-state index < -0.39 is 0 Å². The monoisotopic (exact) mass is 771 g/mol. The highest BCUT2D eigenvalue weighted by Crippen LogP contribution is 2.45. The van der Waals surface area contributed by atoms with Gasteiger partial charge in [0.2, 0.25) is 5.95 Å². The Morgan fingerprint density at radius 3 is 1.43 bits per heavy atom. The van der Waals surface area contributed by atoms with Crippen LogP contribution in [0.15, 0.2) is 194 Å². The Labute approximate surface area is 348 Å². The number of para-hydroxylation sites is 2. The van der Waals surface area contributed by atoms with Gasteiger partial charge in [0.25, 0.3) is 0 Å². The van der Waals surface area contributed by atoms with Crippen LogP contribution in [-0.4, -0.2) is 24.1 Å². The van der Waals surface area contributed by atoms with E-state index in [9.17, 15) is 0 Å². The highest BCUT2D eigenvalue weighted by Gasteiger charge is 2.25. The van der Waals surface area contributed by atoms with Crippen LogP contribution in [0.3, 0.4) is 0 Å². The van der Waals surface area contributed by atoms with Crippen molar-refractivity contribution in [2.24, 2.45) is 0 Å². The van der Waals surface area contributed by atoms with E-state index in [1.807, 2.05) is 18.2 Å². The molecular formula is C55H41N5. The zero-order valence-corrected chi connectivity index (χ0v) is 33.7. The molecule has 0 atom stereocenters. The molecule has 0 amide bonds. The molecule has 3 heterocycles. The minimum atomic E-state index is 0.0196. The lowest BCUT2D eigenvalue weighted by Gasteiger charge is -2.19. The fraction of sp³-hybridized carbons (Fsp3) is 0.0727. The number of hydrogen-bond donors (Lipinski definition) is 0. The van der Waals surface area contributed by atoms with Gasteiger partial charge in [-0.05, 0) is 45.9 Å². The zero-order valence-electron chi connectivity index (χ0n) is 33.7. The van der Waals surface area contributed by atoms with Crippen LogP contribution >= 0.6 is 0 Å². The third kappa shape index (κ3) is 5.81. The summed E-state index contributed by atoms with van der Waals surface area (Å²) in [4.78, 5) is 15.9. The lowest BCUT2D eigenvalue weighted by molar-refractivity contribution is 0.590. The number of benzene rings is 8. The lowest BCUT2D eigenvalue weighted by Crippen LogP contribution is -2.11. The zero-order chi connectivity index (χ0) is 40.4. The fourth-order valence-electron chi connectivity index (χ4n) is 8.88. The number of aromatic nitrogens is 5. The molecular weight excluding hydrogens is 731 g/mol. The van der Waals surface area contributed by atoms with Crippen LogP contribution in [0.5, 0.6) is 0 Å². The van der Waals surface area contributed by atoms with Crippen LogP contribution in [0.1, 0.15) is 26.3 Å². The van der Waals surface area contributed by atoms with Gasteiger partial charge in [-0.15, -0.1) is 0 Å². The molecule has 0 radical (unpaired) electrons. The van der Waals surface area contributed by atoms with Gasteiger partial charge in [0, 0.05) is 38.2 Å². The van der Waals surface area contributed by atoms with E-state index in [-0.39, 0.29) is 5.41 Å². The third-order valence-electron chi connectivity index (χ3n) is 11.8. The van der Waals surface area contributed by atoms with Gasteiger partial charge in [-0.1, -0.05) is 197 Å². The van der Waals surface area contributed by atoms with Crippen LogP contribution in [0.4, 0.5) is 0 Å². The highest BCUT2D eigenvalue weighted by atomic mass is 15.2. The van der Waals surface area contributed by atoms with Gasteiger partial charge in [-0.25, -0.2) is 4.98 Å². The summed E-state index contributed by atoms with van der Waals surface area (Å²) in [5, 5.41) is 4.59. The van der Waals surface area contributed by atoms with Gasteiger partial charge in [0.1, 0.15) is 0 Å². The minimum absolute atomic E-state index is 0.0196. The molecule has 0 aliphatic rings. The Morgan fingerprint density at radius 2 is 0.850 bits per heavy atom. The van der Waals surface area contributed by atoms with E-state index in [1.54, 1.807) is 0 Å². The molecule has 0 N–H and O–H groups in total. The predicted molar refractivity (Wildman–Crippen MR) is 249 cm³/mol. The van der Waals surface area contributed by atoms with Crippen LogP contribution in [0.2, 0.25) is 0 Å². The molecule has 0 saturated carbocycles. The maximum atomic E-state index is 5.38. The van der Waals surface area contributed by atoms with E-state index >= 15 is 0 Å². The van der Waals surface area contributed by atoms with Crippen molar-refractivity contribution in [1.29, 1.82) is 0 Å². The summed E-state index contributed by atoms with van der Waals surface area (Å²) in [5.41, 5.74) is 13.2. The van der Waals surface area contributed by atoms with Crippen LogP contribution in [0.25, 0.3) is 100 Å². The van der Waals surface area contributed by atoms with Gasteiger partial charge in [-0.3, -0.25) is 4.57 Å². The summed E-state index contributed by atoms with van der Waals surface area (Å²) in [6, 6.07) is 69.0. The summed E-state index contributed by atoms with van der Waals surface area (Å²) in [7, 11) is 0. The summed E-state index contributed by atoms with van der Waals surface area (Å²) < 4.78 is 4.75. The average Bonchev–Trinajstić information content (AvgIpc) is 3.82. The van der Waals surface area contributed by atoms with E-state index in [0.29, 0.717) is 17.6 Å². The molecule has 0 aliphatic carbocycles. The molecule has 0 saturated heterocycles. The lowest BCUT2D eigenvalue weighted by atomic mass is 9.87. The molecule has 0 aliphatic heterocycles. The van der Waals surface area contributed by atoms with Gasteiger partial charge >= 0.3 is 0 Å². The first-order valence-electron chi connectivity index (χ1n) is 20.5. The molecule has 60 heavy (non-hydrogen) atoms. The van der Waals surface area contributed by atoms with E-state index in [1.165, 1.54) is 27.6 Å². The molecule has 8 aromatic carbocycles. The average molecular weight is 772 g/mol. The highest BCUT2D eigenvalue weighted by molar-refractivity contribution is 6.24. The van der Waals surface area contributed by atoms with Crippen molar-refractivity contribution < 1.29 is 0 Å². The second-order valence-electron chi connectivity index (χ2n) is 16.5. The normalized spacial score (nSPS) is 11.9. The molecule has 0 unspecified atom stereocenters. The van der Waals surface area contributed by atoms with Crippen molar-refractivity contribution in [1.82, 2.24) is 24.1 Å². The Kier molecular flexibility index (Phi) is 8.31. The molecule has 5 nitrogen and oxygen atoms in total. The second-order valence-corrected chi connectivity index (χ2v) is 16.5. The van der Waals surface area contributed by atoms with Crippen molar-refractivity contribution in [2.75, 3.05) is 0 Å². The molecule has 5 heteroatoms. The molecule has 0 fully saturated rings. The van der Waals surface area contributed by atoms with E-state index in [4.69, 9.17) is 15.0 Å². The molecule has 11 aromatic rings. The minimum Gasteiger partial charge on any atom is -0.307 e. The van der Waals surface area contributed by atoms with Gasteiger partial charge in [0.05, 0.1) is 27.8 Å². The number of hydrogen-bond acceptors (Lipinski definition) is 3. The van der Waals surface area contributed by atoms with Crippen LogP contribution < -0.4 is 0 Å². The number of nitrogens with zero attached hydrogens (tertiary/aromatic N) is 5. The fourth-order valence-corrected chi connectivity index (χ4v) is 8.88. The van der Waals surface area contributed by atoms with Crippen molar-refractivity contribution in [3.8, 4) is 56.7 Å². The molecule has 0 spiro atoms. The van der Waals surface area contributed by atoms with Crippen molar-refractivity contribution in [3.63, 3.8) is 0 Å². The topological polar surface area (TPSA) is 48.5 Å². The standard InChI is InChI=1S/C55H41N5/c1-55(2,3)40-32-30-39(31-33-40)53-56-52(38-22-11-6-12-23-38)57-54(58-53)60-47-28-16-14-25-43(47)45-35-34-44-42-24-13-15-27-46(42)59(50(44)51(45)60)48-29-17-26-41(36-18-7-4-8-19-36)49(48)37-20-9-5-10-21-37/h4-35H,1-3H3. The maximum Gasteiger partial charge on any atom is 0.238 e. The smallest absolute Gasteiger partial charge is 0.238 e. The summed E-state index contributed by atoms with van der Waals surface area (Å²) in [5.74, 6) is 1.81. The first-order valence-corrected chi connectivity index (χ1v) is 20.5. The van der Waals surface area contributed by atoms with E-state index in [2.05, 4.69) is 206 Å². The molecule has 0 bridgehead atoms. The van der Waals surface area contributed by atoms with Crippen molar-refractivity contribution in [2.45, 2.75) is 26.2 Å². The summed E-state index contributed by atoms with van der Waals surface area (Å²) in [6.07, 6.45) is 0. The van der Waals surface area contributed by atoms with E-state index in [0.717, 1.165) is 60.6 Å². The molecule has 3 aromatic heterocycles. The van der Waals surface area contributed by atoms with Crippen LogP contribution in [0, 0.1) is 0 Å². The van der Waals surface area contributed by atoms with Crippen molar-refractivity contribution >= 4 is 43.6 Å². The largest absolute Gasteiger partial charge is 0.307 e. The molecule has 286 valence electrons. The third-order valence-corrected chi connectivity index (χ3v) is 11.8. The summed E-state index contributed by atoms with van der Waals surface area (Å²) in [6.45, 7) is 6.71. The summed E-state index contributed by atoms with van der Waals surface area (Å²) >= 11 is 0. The number of rotatable bonds is 6. The van der Waals surface area contributed by atoms with Gasteiger partial charge in [0.15, 0.2) is 11.6 Å². The Bertz CT molecular complexity index is 3370. The Morgan fingerprint density at radius 1 is 0.367 bits per heavy atom. The first kappa shape index (κ1) is 35.5. The van der Waals surface area contributed by atoms with Crippen LogP contribution in [-0.2, 0) is 5.41 Å². The Balaban J connectivity index is 1.28.